The Kier molecular flexibility index (Phi) is 6.42. The summed E-state index contributed by atoms with van der Waals surface area (Å²) in [6.45, 7) is 8.43. The van der Waals surface area contributed by atoms with E-state index >= 15 is 0 Å². The van der Waals surface area contributed by atoms with Crippen molar-refractivity contribution in [1.29, 1.82) is 0 Å². The molecule has 1 heterocycles. The van der Waals surface area contributed by atoms with Crippen molar-refractivity contribution in [2.45, 2.75) is 46.5 Å². The van der Waals surface area contributed by atoms with E-state index in [4.69, 9.17) is 4.74 Å². The summed E-state index contributed by atoms with van der Waals surface area (Å²) in [6.07, 6.45) is 1.19. The summed E-state index contributed by atoms with van der Waals surface area (Å²) in [4.78, 5) is 26.2. The number of carbonyl (C=O) groups excluding carboxylic acids is 2. The maximum absolute atomic E-state index is 13.1. The second kappa shape index (κ2) is 8.66. The minimum Gasteiger partial charge on any atom is -0.508 e. The first kappa shape index (κ1) is 21.5. The van der Waals surface area contributed by atoms with E-state index in [-0.39, 0.29) is 16.9 Å². The van der Waals surface area contributed by atoms with Crippen molar-refractivity contribution >= 4 is 23.5 Å². The van der Waals surface area contributed by atoms with E-state index in [2.05, 4.69) is 26.1 Å². The quantitative estimate of drug-likeness (QED) is 0.533. The first-order chi connectivity index (χ1) is 13.7. The molecule has 5 nitrogen and oxygen atoms in total. The monoisotopic (exact) mass is 415 g/mol. The lowest BCUT2D eigenvalue weighted by atomic mass is 9.68. The van der Waals surface area contributed by atoms with Gasteiger partial charge in [0.05, 0.1) is 5.57 Å². The summed E-state index contributed by atoms with van der Waals surface area (Å²) in [5.41, 5.74) is 3.41. The number of phenols is 1. The summed E-state index contributed by atoms with van der Waals surface area (Å²) < 4.78 is 5.54. The van der Waals surface area contributed by atoms with Crippen LogP contribution in [0.3, 0.4) is 0 Å². The van der Waals surface area contributed by atoms with E-state index in [1.165, 1.54) is 0 Å². The lowest BCUT2D eigenvalue weighted by molar-refractivity contribution is -0.138. The summed E-state index contributed by atoms with van der Waals surface area (Å²) >= 11 is 1.71. The van der Waals surface area contributed by atoms with Gasteiger partial charge in [0.15, 0.2) is 5.78 Å². The smallest absolute Gasteiger partial charge is 0.336 e. The van der Waals surface area contributed by atoms with Crippen molar-refractivity contribution < 1.29 is 19.4 Å². The van der Waals surface area contributed by atoms with Gasteiger partial charge in [-0.05, 0) is 42.2 Å². The van der Waals surface area contributed by atoms with Crippen molar-refractivity contribution in [1.82, 2.24) is 5.32 Å². The van der Waals surface area contributed by atoms with E-state index in [1.807, 2.05) is 6.92 Å². The zero-order valence-electron chi connectivity index (χ0n) is 17.5. The highest BCUT2D eigenvalue weighted by atomic mass is 32.2. The minimum atomic E-state index is -0.484. The second-order valence-electron chi connectivity index (χ2n) is 8.35. The SMILES string of the molecule is CCSCCOC(=O)C1=C(C)NC2=C(C(=O)CC(C)(C)C2)[C@H]1c1ccc(O)cc1. The number of thioether (sulfide) groups is 1. The van der Waals surface area contributed by atoms with Crippen LogP contribution in [0.2, 0.25) is 0 Å². The molecule has 1 atom stereocenters. The van der Waals surface area contributed by atoms with Crippen molar-refractivity contribution in [2.24, 2.45) is 5.41 Å². The van der Waals surface area contributed by atoms with Crippen LogP contribution < -0.4 is 5.32 Å². The number of nitrogens with one attached hydrogen (secondary N) is 1. The minimum absolute atomic E-state index is 0.0566. The number of phenolic OH excluding ortho intramolecular Hbond substituents is 1. The number of carbonyl (C=O) groups is 2. The normalized spacial score (nSPS) is 21.0. The Morgan fingerprint density at radius 2 is 1.97 bits per heavy atom. The van der Waals surface area contributed by atoms with E-state index in [0.717, 1.165) is 34.9 Å². The lowest BCUT2D eigenvalue weighted by Gasteiger charge is -2.39. The molecule has 0 aromatic heterocycles. The average molecular weight is 416 g/mol. The van der Waals surface area contributed by atoms with Gasteiger partial charge in [-0.1, -0.05) is 32.9 Å². The van der Waals surface area contributed by atoms with Crippen LogP contribution in [0.25, 0.3) is 0 Å². The van der Waals surface area contributed by atoms with Crippen LogP contribution in [0.15, 0.2) is 46.8 Å². The van der Waals surface area contributed by atoms with E-state index < -0.39 is 11.9 Å². The van der Waals surface area contributed by atoms with Gasteiger partial charge in [0.1, 0.15) is 12.4 Å². The highest BCUT2D eigenvalue weighted by molar-refractivity contribution is 7.99. The third kappa shape index (κ3) is 4.69. The number of allylic oxidation sites excluding steroid dienone is 3. The predicted octanol–water partition coefficient (Wildman–Crippen LogP) is 4.29. The zero-order chi connectivity index (χ0) is 21.2. The Balaban J connectivity index is 2.01. The molecule has 156 valence electrons. The van der Waals surface area contributed by atoms with Crippen molar-refractivity contribution in [2.75, 3.05) is 18.1 Å². The number of Topliss-reactive ketones (excluding diaryl/α,β-unsaturated/α-hetero) is 1. The molecule has 0 bridgehead atoms. The molecule has 1 aromatic carbocycles. The highest BCUT2D eigenvalue weighted by Gasteiger charge is 2.43. The topological polar surface area (TPSA) is 75.6 Å². The van der Waals surface area contributed by atoms with Crippen LogP contribution in [-0.2, 0) is 14.3 Å². The number of hydrogen-bond donors (Lipinski definition) is 2. The number of aromatic hydroxyl groups is 1. The molecule has 0 amide bonds. The van der Waals surface area contributed by atoms with Crippen molar-refractivity contribution in [3.63, 3.8) is 0 Å². The highest BCUT2D eigenvalue weighted by Crippen LogP contribution is 2.46. The third-order valence-electron chi connectivity index (χ3n) is 5.35. The molecule has 0 spiro atoms. The largest absolute Gasteiger partial charge is 0.508 e. The van der Waals surface area contributed by atoms with Gasteiger partial charge in [-0.15, -0.1) is 0 Å². The first-order valence-electron chi connectivity index (χ1n) is 10.0. The predicted molar refractivity (Wildman–Crippen MR) is 116 cm³/mol. The van der Waals surface area contributed by atoms with E-state index in [1.54, 1.807) is 36.0 Å². The van der Waals surface area contributed by atoms with Crippen molar-refractivity contribution in [3.05, 3.63) is 52.4 Å². The Morgan fingerprint density at radius 1 is 1.28 bits per heavy atom. The van der Waals surface area contributed by atoms with Gasteiger partial charge >= 0.3 is 5.97 Å². The molecule has 6 heteroatoms. The van der Waals surface area contributed by atoms with Crippen LogP contribution in [-0.4, -0.2) is 35.0 Å². The molecule has 3 rings (SSSR count). The maximum Gasteiger partial charge on any atom is 0.336 e. The molecule has 0 fully saturated rings. The fourth-order valence-electron chi connectivity index (χ4n) is 4.12. The lowest BCUT2D eigenvalue weighted by Crippen LogP contribution is -2.38. The van der Waals surface area contributed by atoms with Gasteiger partial charge in [-0.2, -0.15) is 11.8 Å². The molecular formula is C23H29NO4S. The van der Waals surface area contributed by atoms with Crippen LogP contribution in [0, 0.1) is 5.41 Å². The van der Waals surface area contributed by atoms with Crippen LogP contribution >= 0.6 is 11.8 Å². The molecule has 1 aliphatic carbocycles. The summed E-state index contributed by atoms with van der Waals surface area (Å²) in [5, 5.41) is 13.0. The summed E-state index contributed by atoms with van der Waals surface area (Å²) in [7, 11) is 0. The number of dihydropyridines is 1. The van der Waals surface area contributed by atoms with Gasteiger partial charge in [-0.25, -0.2) is 4.79 Å². The Labute approximate surface area is 176 Å². The Bertz CT molecular complexity index is 867. The maximum atomic E-state index is 13.1. The number of ether oxygens (including phenoxy) is 1. The van der Waals surface area contributed by atoms with Crippen LogP contribution in [0.5, 0.6) is 5.75 Å². The number of rotatable bonds is 6. The molecule has 1 aliphatic heterocycles. The van der Waals surface area contributed by atoms with Crippen LogP contribution in [0.1, 0.15) is 52.0 Å². The fourth-order valence-corrected chi connectivity index (χ4v) is 4.61. The Morgan fingerprint density at radius 3 is 2.62 bits per heavy atom. The van der Waals surface area contributed by atoms with E-state index in [9.17, 15) is 14.7 Å². The number of hydrogen-bond acceptors (Lipinski definition) is 6. The molecule has 0 unspecified atom stereocenters. The molecule has 0 saturated carbocycles. The molecule has 2 aliphatic rings. The molecule has 0 radical (unpaired) electrons. The molecule has 2 N–H and O–H groups in total. The molecule has 0 saturated heterocycles. The fraction of sp³-hybridized carbons (Fsp3) is 0.478. The molecule has 1 aromatic rings. The number of ketones is 1. The number of benzene rings is 1. The van der Waals surface area contributed by atoms with E-state index in [0.29, 0.717) is 24.2 Å². The van der Waals surface area contributed by atoms with Gasteiger partial charge in [0.2, 0.25) is 0 Å². The van der Waals surface area contributed by atoms with Gasteiger partial charge in [-0.3, -0.25) is 4.79 Å². The van der Waals surface area contributed by atoms with Crippen LogP contribution in [0.4, 0.5) is 0 Å². The third-order valence-corrected chi connectivity index (χ3v) is 6.21. The van der Waals surface area contributed by atoms with Gasteiger partial charge in [0, 0.05) is 35.1 Å². The standard InChI is InChI=1S/C23H29NO4S/c1-5-29-11-10-28-22(27)19-14(2)24-17-12-23(3,4)13-18(26)21(17)20(19)15-6-8-16(25)9-7-15/h6-9,20,24-25H,5,10-13H2,1-4H3/t20-/m0/s1. The number of esters is 1. The first-order valence-corrected chi connectivity index (χ1v) is 11.2. The zero-order valence-corrected chi connectivity index (χ0v) is 18.3. The Hall–Kier alpha value is -2.21. The molecule has 29 heavy (non-hydrogen) atoms. The van der Waals surface area contributed by atoms with Crippen molar-refractivity contribution in [3.8, 4) is 5.75 Å². The van der Waals surface area contributed by atoms with Gasteiger partial charge in [0.25, 0.3) is 0 Å². The summed E-state index contributed by atoms with van der Waals surface area (Å²) in [6, 6.07) is 6.73. The molecular weight excluding hydrogens is 386 g/mol. The summed E-state index contributed by atoms with van der Waals surface area (Å²) in [5.74, 6) is 1.04. The second-order valence-corrected chi connectivity index (χ2v) is 9.75. The average Bonchev–Trinajstić information content (AvgIpc) is 2.63. The van der Waals surface area contributed by atoms with Gasteiger partial charge < -0.3 is 15.2 Å².